The number of rotatable bonds is 7. The van der Waals surface area contributed by atoms with Crippen LogP contribution in [-0.4, -0.2) is 62.7 Å². The lowest BCUT2D eigenvalue weighted by Crippen LogP contribution is -2.53. The summed E-state index contributed by atoms with van der Waals surface area (Å²) in [6.45, 7) is 9.36. The average molecular weight is 442 g/mol. The molecule has 0 unspecified atom stereocenters. The first-order valence-electron chi connectivity index (χ1n) is 10.4. The van der Waals surface area contributed by atoms with E-state index in [2.05, 4.69) is 30.3 Å². The third kappa shape index (κ3) is 5.52. The van der Waals surface area contributed by atoms with Crippen LogP contribution in [0.5, 0.6) is 5.75 Å². The van der Waals surface area contributed by atoms with Gasteiger partial charge in [0.15, 0.2) is 0 Å². The van der Waals surface area contributed by atoms with E-state index in [1.54, 1.807) is 7.11 Å². The first kappa shape index (κ1) is 23.0. The van der Waals surface area contributed by atoms with E-state index in [4.69, 9.17) is 4.74 Å². The van der Waals surface area contributed by atoms with Crippen LogP contribution in [0.1, 0.15) is 6.92 Å². The maximum absolute atomic E-state index is 12.9. The number of carbonyl (C=O) groups excluding carboxylic acids is 2. The third-order valence-electron chi connectivity index (χ3n) is 5.27. The zero-order valence-electron chi connectivity index (χ0n) is 18.8. The lowest BCUT2D eigenvalue weighted by atomic mass is 10.0. The molecule has 1 heterocycles. The van der Waals surface area contributed by atoms with E-state index in [1.807, 2.05) is 41.3 Å². The van der Waals surface area contributed by atoms with Crippen molar-refractivity contribution in [1.82, 2.24) is 4.90 Å². The van der Waals surface area contributed by atoms with Crippen molar-refractivity contribution in [3.8, 4) is 16.9 Å². The van der Waals surface area contributed by atoms with Gasteiger partial charge >= 0.3 is 0 Å². The smallest absolute Gasteiger partial charge is 0.238 e. The molecule has 8 heteroatoms. The molecule has 0 spiro atoms. The van der Waals surface area contributed by atoms with Crippen LogP contribution in [-0.2, 0) is 9.59 Å². The molecule has 166 valence electrons. The fourth-order valence-corrected chi connectivity index (χ4v) is 5.28. The molecule has 0 bridgehead atoms. The summed E-state index contributed by atoms with van der Waals surface area (Å²) >= 11 is 0. The van der Waals surface area contributed by atoms with Gasteiger partial charge in [-0.1, -0.05) is 37.8 Å². The topological polar surface area (TPSA) is 90.9 Å². The van der Waals surface area contributed by atoms with Crippen molar-refractivity contribution in [3.63, 3.8) is 0 Å². The molecule has 31 heavy (non-hydrogen) atoms. The van der Waals surface area contributed by atoms with Gasteiger partial charge in [-0.3, -0.25) is 14.5 Å². The van der Waals surface area contributed by atoms with E-state index in [1.165, 1.54) is 6.92 Å². The highest BCUT2D eigenvalue weighted by Gasteiger charge is 2.29. The van der Waals surface area contributed by atoms with E-state index in [0.29, 0.717) is 18.8 Å². The molecule has 0 aliphatic carbocycles. The number of carbonyl (C=O) groups is 2. The predicted octanol–water partition coefficient (Wildman–Crippen LogP) is 2.48. The number of hydrogen-bond donors (Lipinski definition) is 3. The summed E-state index contributed by atoms with van der Waals surface area (Å²) < 4.78 is 5.29. The van der Waals surface area contributed by atoms with Gasteiger partial charge < -0.3 is 20.5 Å². The molecule has 7 nitrogen and oxygen atoms in total. The minimum Gasteiger partial charge on any atom is -0.497 e. The fourth-order valence-electron chi connectivity index (χ4n) is 3.76. The van der Waals surface area contributed by atoms with E-state index in [0.717, 1.165) is 27.8 Å². The highest BCUT2D eigenvalue weighted by Crippen LogP contribution is 2.36. The van der Waals surface area contributed by atoms with Crippen molar-refractivity contribution in [2.75, 3.05) is 37.4 Å². The number of likely N-dealkylation sites (tertiary alicyclic amines) is 1. The van der Waals surface area contributed by atoms with Crippen molar-refractivity contribution >= 4 is 36.4 Å². The van der Waals surface area contributed by atoms with Crippen molar-refractivity contribution in [2.45, 2.75) is 32.7 Å². The Bertz CT molecular complexity index is 964. The number of β-amino-alcohol motifs (C(OH)–C–C–N with tert-alkyl or cyclic N) is 1. The minimum atomic E-state index is -1.84. The molecule has 0 saturated carbocycles. The van der Waals surface area contributed by atoms with Crippen LogP contribution in [0.4, 0.5) is 11.4 Å². The van der Waals surface area contributed by atoms with Crippen molar-refractivity contribution < 1.29 is 19.4 Å². The molecule has 3 N–H and O–H groups in total. The molecule has 1 fully saturated rings. The van der Waals surface area contributed by atoms with Gasteiger partial charge in [-0.25, -0.2) is 0 Å². The Morgan fingerprint density at radius 2 is 1.74 bits per heavy atom. The number of aliphatic hydroxyl groups is 1. The Balaban J connectivity index is 2.10. The van der Waals surface area contributed by atoms with Crippen molar-refractivity contribution in [1.29, 1.82) is 0 Å². The Hall–Kier alpha value is -2.68. The number of nitrogens with zero attached hydrogens (tertiary/aromatic N) is 1. The van der Waals surface area contributed by atoms with Gasteiger partial charge in [0.2, 0.25) is 11.8 Å². The van der Waals surface area contributed by atoms with Gasteiger partial charge in [0.25, 0.3) is 0 Å². The number of amides is 2. The first-order valence-corrected chi connectivity index (χ1v) is 13.9. The van der Waals surface area contributed by atoms with Crippen LogP contribution >= 0.6 is 0 Å². The normalized spacial score (nSPS) is 14.6. The Kier molecular flexibility index (Phi) is 6.83. The summed E-state index contributed by atoms with van der Waals surface area (Å²) in [6.07, 6.45) is -0.358. The van der Waals surface area contributed by atoms with Gasteiger partial charge in [0.1, 0.15) is 5.75 Å². The monoisotopic (exact) mass is 441 g/mol. The van der Waals surface area contributed by atoms with Gasteiger partial charge in [0, 0.05) is 31.3 Å². The SMILES string of the molecule is COc1ccc(-c2c(NC(C)=O)ccc([Si](C)(C)C)c2NC(=O)CN2CC(O)C2)cc1. The second-order valence-corrected chi connectivity index (χ2v) is 14.0. The molecule has 0 atom stereocenters. The number of nitrogens with one attached hydrogen (secondary N) is 2. The minimum absolute atomic E-state index is 0.138. The second kappa shape index (κ2) is 9.21. The third-order valence-corrected chi connectivity index (χ3v) is 7.30. The van der Waals surface area contributed by atoms with E-state index < -0.39 is 8.07 Å². The number of aliphatic hydroxyl groups excluding tert-OH is 1. The molecular formula is C23H31N3O4Si. The molecular weight excluding hydrogens is 410 g/mol. The first-order chi connectivity index (χ1) is 14.6. The molecule has 2 amide bonds. The van der Waals surface area contributed by atoms with Gasteiger partial charge in [0.05, 0.1) is 33.5 Å². The van der Waals surface area contributed by atoms with E-state index >= 15 is 0 Å². The molecule has 0 aromatic heterocycles. The van der Waals surface area contributed by atoms with E-state index in [-0.39, 0.29) is 24.5 Å². The van der Waals surface area contributed by atoms with Crippen LogP contribution in [0, 0.1) is 0 Å². The zero-order valence-corrected chi connectivity index (χ0v) is 19.8. The molecule has 2 aromatic carbocycles. The van der Waals surface area contributed by atoms with Crippen LogP contribution < -0.4 is 20.6 Å². The van der Waals surface area contributed by atoms with Crippen molar-refractivity contribution in [2.24, 2.45) is 0 Å². The lowest BCUT2D eigenvalue weighted by Gasteiger charge is -2.35. The Labute approximate surface area is 184 Å². The molecule has 1 aliphatic heterocycles. The van der Waals surface area contributed by atoms with Crippen LogP contribution in [0.3, 0.4) is 0 Å². The highest BCUT2D eigenvalue weighted by atomic mass is 28.3. The fraction of sp³-hybridized carbons (Fsp3) is 0.391. The van der Waals surface area contributed by atoms with Crippen LogP contribution in [0.25, 0.3) is 11.1 Å². The maximum atomic E-state index is 12.9. The summed E-state index contributed by atoms with van der Waals surface area (Å²) in [4.78, 5) is 26.7. The van der Waals surface area contributed by atoms with Gasteiger partial charge in [-0.15, -0.1) is 0 Å². The number of hydrogen-bond acceptors (Lipinski definition) is 5. The van der Waals surface area contributed by atoms with E-state index in [9.17, 15) is 14.7 Å². The van der Waals surface area contributed by atoms with Gasteiger partial charge in [-0.2, -0.15) is 0 Å². The summed E-state index contributed by atoms with van der Waals surface area (Å²) in [6, 6.07) is 11.5. The second-order valence-electron chi connectivity index (χ2n) is 8.97. The largest absolute Gasteiger partial charge is 0.497 e. The molecule has 0 radical (unpaired) electrons. The van der Waals surface area contributed by atoms with Crippen molar-refractivity contribution in [3.05, 3.63) is 36.4 Å². The standard InChI is InChI=1S/C23H31N3O4Si/c1-15(27)24-19-10-11-20(31(3,4)5)23(25-21(29)14-26-12-17(28)13-26)22(19)16-6-8-18(30-2)9-7-16/h6-11,17,28H,12-14H2,1-5H3,(H,24,27)(H,25,29). The lowest BCUT2D eigenvalue weighted by molar-refractivity contribution is -0.120. The summed E-state index contributed by atoms with van der Waals surface area (Å²) in [5.41, 5.74) is 3.05. The van der Waals surface area contributed by atoms with Crippen LogP contribution in [0.2, 0.25) is 19.6 Å². The Morgan fingerprint density at radius 3 is 2.26 bits per heavy atom. The molecule has 1 aliphatic rings. The number of anilines is 2. The quantitative estimate of drug-likeness (QED) is 0.574. The number of benzene rings is 2. The maximum Gasteiger partial charge on any atom is 0.238 e. The van der Waals surface area contributed by atoms with Gasteiger partial charge in [-0.05, 0) is 28.9 Å². The highest BCUT2D eigenvalue weighted by molar-refractivity contribution is 6.90. The summed E-state index contributed by atoms with van der Waals surface area (Å²) in [5, 5.41) is 16.7. The summed E-state index contributed by atoms with van der Waals surface area (Å²) in [7, 11) is -0.228. The molecule has 2 aromatic rings. The zero-order chi connectivity index (χ0) is 22.8. The van der Waals surface area contributed by atoms with Crippen LogP contribution in [0.15, 0.2) is 36.4 Å². The summed E-state index contributed by atoms with van der Waals surface area (Å²) in [5.74, 6) is 0.414. The molecule has 3 rings (SSSR count). The number of methoxy groups -OCH3 is 1. The average Bonchev–Trinajstić information content (AvgIpc) is 2.66. The predicted molar refractivity (Wildman–Crippen MR) is 127 cm³/mol. The Morgan fingerprint density at radius 1 is 1.10 bits per heavy atom. The number of ether oxygens (including phenoxy) is 1. The molecule has 1 saturated heterocycles.